The monoisotopic (exact) mass is 398 g/mol. The van der Waals surface area contributed by atoms with E-state index in [4.69, 9.17) is 18.9 Å². The first kappa shape index (κ1) is 19.1. The van der Waals surface area contributed by atoms with E-state index in [1.807, 2.05) is 12.1 Å². The smallest absolute Gasteiger partial charge is 0.260 e. The van der Waals surface area contributed by atoms with Gasteiger partial charge in [-0.3, -0.25) is 9.59 Å². The normalized spacial score (nSPS) is 15.1. The Balaban J connectivity index is 1.25. The predicted molar refractivity (Wildman–Crippen MR) is 104 cm³/mol. The highest BCUT2D eigenvalue weighted by molar-refractivity contribution is 5.92. The molecule has 0 bridgehead atoms. The van der Waals surface area contributed by atoms with E-state index >= 15 is 0 Å². The average molecular weight is 398 g/mol. The van der Waals surface area contributed by atoms with E-state index < -0.39 is 0 Å². The van der Waals surface area contributed by atoms with Crippen LogP contribution in [0.5, 0.6) is 17.2 Å². The van der Waals surface area contributed by atoms with E-state index in [1.165, 1.54) is 0 Å². The molecule has 2 heterocycles. The second-order valence-electron chi connectivity index (χ2n) is 6.72. The molecule has 152 valence electrons. The summed E-state index contributed by atoms with van der Waals surface area (Å²) < 4.78 is 21.4. The molecule has 0 saturated carbocycles. The van der Waals surface area contributed by atoms with Gasteiger partial charge in [-0.25, -0.2) is 0 Å². The molecular formula is C21H22N2O6. The van der Waals surface area contributed by atoms with Crippen LogP contribution in [0.4, 0.5) is 5.69 Å². The van der Waals surface area contributed by atoms with Gasteiger partial charge in [-0.2, -0.15) is 0 Å². The summed E-state index contributed by atoms with van der Waals surface area (Å²) in [7, 11) is 0. The Kier molecular flexibility index (Phi) is 5.81. The first-order chi connectivity index (χ1) is 14.2. The van der Waals surface area contributed by atoms with E-state index in [2.05, 4.69) is 5.32 Å². The van der Waals surface area contributed by atoms with Crippen LogP contribution in [0, 0.1) is 0 Å². The molecule has 8 heteroatoms. The average Bonchev–Trinajstić information content (AvgIpc) is 3.21. The van der Waals surface area contributed by atoms with E-state index in [1.54, 1.807) is 35.2 Å². The van der Waals surface area contributed by atoms with E-state index in [0.717, 1.165) is 5.56 Å². The Morgan fingerprint density at radius 3 is 2.55 bits per heavy atom. The van der Waals surface area contributed by atoms with Crippen LogP contribution in [0.1, 0.15) is 5.56 Å². The summed E-state index contributed by atoms with van der Waals surface area (Å²) in [6, 6.07) is 12.4. The lowest BCUT2D eigenvalue weighted by molar-refractivity contribution is -0.137. The molecule has 2 aromatic carbocycles. The number of anilines is 1. The molecule has 4 rings (SSSR count). The van der Waals surface area contributed by atoms with Gasteiger partial charge in [-0.15, -0.1) is 0 Å². The van der Waals surface area contributed by atoms with E-state index in [0.29, 0.717) is 49.2 Å². The highest BCUT2D eigenvalue weighted by atomic mass is 16.7. The Labute approximate surface area is 168 Å². The number of nitrogens with zero attached hydrogens (tertiary/aromatic N) is 1. The number of nitrogens with one attached hydrogen (secondary N) is 1. The maximum absolute atomic E-state index is 12.3. The Hall–Kier alpha value is -3.26. The Morgan fingerprint density at radius 1 is 1.00 bits per heavy atom. The summed E-state index contributed by atoms with van der Waals surface area (Å²) in [5.74, 6) is 1.72. The van der Waals surface area contributed by atoms with Crippen molar-refractivity contribution < 1.29 is 28.5 Å². The number of carbonyl (C=O) groups is 2. The van der Waals surface area contributed by atoms with E-state index in [-0.39, 0.29) is 31.6 Å². The van der Waals surface area contributed by atoms with Crippen LogP contribution in [0.3, 0.4) is 0 Å². The number of fused-ring (bicyclic) bond motifs is 1. The van der Waals surface area contributed by atoms with Crippen LogP contribution < -0.4 is 19.5 Å². The van der Waals surface area contributed by atoms with Crippen molar-refractivity contribution in [2.45, 2.75) is 6.42 Å². The largest absolute Gasteiger partial charge is 0.484 e. The van der Waals surface area contributed by atoms with Crippen molar-refractivity contribution in [3.63, 3.8) is 0 Å². The molecule has 0 aromatic heterocycles. The number of amides is 2. The molecule has 29 heavy (non-hydrogen) atoms. The summed E-state index contributed by atoms with van der Waals surface area (Å²) in [6.45, 7) is 2.50. The minimum absolute atomic E-state index is 0.0180. The predicted octanol–water partition coefficient (Wildman–Crippen LogP) is 1.83. The second-order valence-corrected chi connectivity index (χ2v) is 6.72. The highest BCUT2D eigenvalue weighted by Crippen LogP contribution is 2.32. The third kappa shape index (κ3) is 4.97. The van der Waals surface area contributed by atoms with Crippen LogP contribution in [0.25, 0.3) is 0 Å². The van der Waals surface area contributed by atoms with Gasteiger partial charge in [-0.05, 0) is 42.0 Å². The zero-order chi connectivity index (χ0) is 20.1. The van der Waals surface area contributed by atoms with Gasteiger partial charge in [0.1, 0.15) is 5.75 Å². The van der Waals surface area contributed by atoms with Crippen LogP contribution >= 0.6 is 0 Å². The van der Waals surface area contributed by atoms with Gasteiger partial charge < -0.3 is 29.2 Å². The zero-order valence-electron chi connectivity index (χ0n) is 15.9. The van der Waals surface area contributed by atoms with E-state index in [9.17, 15) is 9.59 Å². The maximum Gasteiger partial charge on any atom is 0.260 e. The van der Waals surface area contributed by atoms with Crippen LogP contribution in [0.2, 0.25) is 0 Å². The number of ether oxygens (including phenoxy) is 4. The van der Waals surface area contributed by atoms with Crippen LogP contribution in [-0.2, 0) is 20.7 Å². The molecule has 0 radical (unpaired) electrons. The maximum atomic E-state index is 12.3. The molecule has 0 spiro atoms. The van der Waals surface area contributed by atoms with Crippen molar-refractivity contribution in [2.24, 2.45) is 0 Å². The first-order valence-electron chi connectivity index (χ1n) is 9.44. The number of carbonyl (C=O) groups excluding carboxylic acids is 2. The van der Waals surface area contributed by atoms with Gasteiger partial charge in [0.2, 0.25) is 12.7 Å². The van der Waals surface area contributed by atoms with Crippen molar-refractivity contribution in [2.75, 3.05) is 45.0 Å². The quantitative estimate of drug-likeness (QED) is 0.799. The fraction of sp³-hybridized carbons (Fsp3) is 0.333. The third-order valence-corrected chi connectivity index (χ3v) is 4.67. The summed E-state index contributed by atoms with van der Waals surface area (Å²) in [6.07, 6.45) is 0.225. The minimum Gasteiger partial charge on any atom is -0.484 e. The molecule has 8 nitrogen and oxygen atoms in total. The van der Waals surface area contributed by atoms with Crippen molar-refractivity contribution in [1.82, 2.24) is 4.90 Å². The summed E-state index contributed by atoms with van der Waals surface area (Å²) in [5, 5.41) is 2.85. The number of morpholine rings is 1. The lowest BCUT2D eigenvalue weighted by Gasteiger charge is -2.26. The number of benzene rings is 2. The standard InChI is InChI=1S/C21H22N2O6/c24-20(12-15-1-6-18-19(11-15)29-14-28-18)22-16-2-4-17(5-3-16)27-13-21(25)23-7-9-26-10-8-23/h1-6,11H,7-10,12-14H2,(H,22,24). The molecule has 0 aliphatic carbocycles. The molecule has 1 fully saturated rings. The van der Waals surface area contributed by atoms with Gasteiger partial charge >= 0.3 is 0 Å². The van der Waals surface area contributed by atoms with Crippen molar-refractivity contribution in [3.8, 4) is 17.2 Å². The minimum atomic E-state index is -0.139. The summed E-state index contributed by atoms with van der Waals surface area (Å²) >= 11 is 0. The fourth-order valence-electron chi connectivity index (χ4n) is 3.13. The number of hydrogen-bond donors (Lipinski definition) is 1. The molecule has 1 saturated heterocycles. The first-order valence-corrected chi connectivity index (χ1v) is 9.44. The number of hydrogen-bond acceptors (Lipinski definition) is 6. The lowest BCUT2D eigenvalue weighted by atomic mass is 10.1. The second kappa shape index (κ2) is 8.83. The Morgan fingerprint density at radius 2 is 1.76 bits per heavy atom. The van der Waals surface area contributed by atoms with Gasteiger partial charge in [0.25, 0.3) is 5.91 Å². The molecule has 1 N–H and O–H groups in total. The molecular weight excluding hydrogens is 376 g/mol. The van der Waals surface area contributed by atoms with Crippen molar-refractivity contribution >= 4 is 17.5 Å². The molecule has 2 aliphatic heterocycles. The fourth-order valence-corrected chi connectivity index (χ4v) is 3.13. The number of rotatable bonds is 6. The molecule has 2 amide bonds. The highest BCUT2D eigenvalue weighted by Gasteiger charge is 2.17. The summed E-state index contributed by atoms with van der Waals surface area (Å²) in [5.41, 5.74) is 1.50. The van der Waals surface area contributed by atoms with Crippen LogP contribution in [-0.4, -0.2) is 56.4 Å². The van der Waals surface area contributed by atoms with Crippen molar-refractivity contribution in [3.05, 3.63) is 48.0 Å². The SMILES string of the molecule is O=C(Cc1ccc2c(c1)OCO2)Nc1ccc(OCC(=O)N2CCOCC2)cc1. The third-order valence-electron chi connectivity index (χ3n) is 4.67. The van der Waals surface area contributed by atoms with Gasteiger partial charge in [-0.1, -0.05) is 6.07 Å². The molecule has 2 aromatic rings. The topological polar surface area (TPSA) is 86.3 Å². The van der Waals surface area contributed by atoms with Gasteiger partial charge in [0.15, 0.2) is 18.1 Å². The van der Waals surface area contributed by atoms with Gasteiger partial charge in [0, 0.05) is 18.8 Å². The zero-order valence-corrected chi connectivity index (χ0v) is 15.9. The van der Waals surface area contributed by atoms with Gasteiger partial charge in [0.05, 0.1) is 19.6 Å². The van der Waals surface area contributed by atoms with Crippen LogP contribution in [0.15, 0.2) is 42.5 Å². The molecule has 0 unspecified atom stereocenters. The van der Waals surface area contributed by atoms with Crippen molar-refractivity contribution in [1.29, 1.82) is 0 Å². The lowest BCUT2D eigenvalue weighted by Crippen LogP contribution is -2.42. The molecule has 0 atom stereocenters. The summed E-state index contributed by atoms with van der Waals surface area (Å²) in [4.78, 5) is 26.1. The molecule has 2 aliphatic rings. The Bertz CT molecular complexity index is 877.